The highest BCUT2D eigenvalue weighted by molar-refractivity contribution is 5.98. The van der Waals surface area contributed by atoms with Gasteiger partial charge in [0.25, 0.3) is 0 Å². The van der Waals surface area contributed by atoms with Crippen LogP contribution in [-0.4, -0.2) is 119 Å². The van der Waals surface area contributed by atoms with Crippen LogP contribution in [0.5, 0.6) is 0 Å². The maximum Gasteiger partial charge on any atom is 0.326 e. The monoisotopic (exact) mass is 825 g/mol. The molecule has 58 heavy (non-hydrogen) atoms. The fraction of sp³-hybridized carbons (Fsp3) is 0.763. The fourth-order valence-electron chi connectivity index (χ4n) is 6.59. The number of nitrogens with one attached hydrogen (secondary N) is 5. The molecule has 8 amide bonds. The van der Waals surface area contributed by atoms with Crippen molar-refractivity contribution in [3.05, 3.63) is 0 Å². The van der Waals surface area contributed by atoms with E-state index in [-0.39, 0.29) is 62.8 Å². The van der Waals surface area contributed by atoms with Crippen molar-refractivity contribution in [2.24, 2.45) is 40.7 Å². The third-order valence-corrected chi connectivity index (χ3v) is 9.47. The van der Waals surface area contributed by atoms with Crippen LogP contribution < -0.4 is 49.5 Å². The molecule has 0 aliphatic carbocycles. The van der Waals surface area contributed by atoms with Gasteiger partial charge in [0.1, 0.15) is 36.3 Å². The topological polar surface area (TPSA) is 341 Å². The summed E-state index contributed by atoms with van der Waals surface area (Å²) < 4.78 is 0. The molecule has 14 N–H and O–H groups in total. The number of rotatable bonds is 27. The van der Waals surface area contributed by atoms with Gasteiger partial charge in [0.2, 0.25) is 47.3 Å². The Balaban J connectivity index is 3.30. The van der Waals surface area contributed by atoms with Gasteiger partial charge >= 0.3 is 5.97 Å². The summed E-state index contributed by atoms with van der Waals surface area (Å²) in [5, 5.41) is 22.5. The number of hydrogen-bond acceptors (Lipinski definition) is 11. The molecule has 1 fully saturated rings. The second-order valence-electron chi connectivity index (χ2n) is 16.3. The van der Waals surface area contributed by atoms with Crippen molar-refractivity contribution in [3.63, 3.8) is 0 Å². The largest absolute Gasteiger partial charge is 0.480 e. The highest BCUT2D eigenvalue weighted by atomic mass is 16.4. The molecule has 1 saturated heterocycles. The Morgan fingerprint density at radius 3 is 1.69 bits per heavy atom. The molecule has 1 aliphatic rings. The molecular weight excluding hydrogens is 756 g/mol. The van der Waals surface area contributed by atoms with Gasteiger partial charge in [-0.1, -0.05) is 41.5 Å². The van der Waals surface area contributed by atoms with Gasteiger partial charge in [0, 0.05) is 13.0 Å². The van der Waals surface area contributed by atoms with Crippen LogP contribution in [0, 0.1) is 17.8 Å². The lowest BCUT2D eigenvalue weighted by molar-refractivity contribution is -0.143. The van der Waals surface area contributed by atoms with E-state index in [2.05, 4.69) is 26.6 Å². The number of carboxylic acids is 1. The van der Waals surface area contributed by atoms with Crippen LogP contribution in [0.2, 0.25) is 0 Å². The van der Waals surface area contributed by atoms with Crippen molar-refractivity contribution in [2.45, 2.75) is 154 Å². The summed E-state index contributed by atoms with van der Waals surface area (Å²) in [6.45, 7) is 11.4. The number of amides is 8. The van der Waals surface area contributed by atoms with E-state index in [1.165, 1.54) is 4.90 Å². The van der Waals surface area contributed by atoms with Crippen LogP contribution in [0.3, 0.4) is 0 Å². The van der Waals surface area contributed by atoms with Crippen LogP contribution in [0.15, 0.2) is 0 Å². The number of likely N-dealkylation sites (tertiary alicyclic amines) is 1. The lowest BCUT2D eigenvalue weighted by Crippen LogP contribution is -2.60. The van der Waals surface area contributed by atoms with E-state index in [0.29, 0.717) is 32.2 Å². The first-order chi connectivity index (χ1) is 27.1. The summed E-state index contributed by atoms with van der Waals surface area (Å²) in [5.41, 5.74) is 22.2. The standard InChI is InChI=1S/C38H68N10O10/c1-20(2)16-23(40)32(51)45-27(19-31(42)50)35(54)47-28(18-22(5)6)37(56)48-15-9-11-29(48)36(55)43-24(12-13-30(41)49)33(52)46-26(17-21(3)4)34(53)44-25(38(57)58)10-7-8-14-39/h20-29H,7-19,39-40H2,1-6H3,(H2,41,49)(H2,42,50)(H,43,55)(H,44,53)(H,45,51)(H,46,52)(H,47,54)(H,57,58)/t23-,24-,25-,26-,27-,28-,29-/m0/s1. The lowest BCUT2D eigenvalue weighted by atomic mass is 10.0. The van der Waals surface area contributed by atoms with Gasteiger partial charge in [-0.15, -0.1) is 0 Å². The van der Waals surface area contributed by atoms with Crippen molar-refractivity contribution in [2.75, 3.05) is 13.1 Å². The molecule has 1 aliphatic heterocycles. The van der Waals surface area contributed by atoms with Crippen LogP contribution in [-0.2, 0) is 43.2 Å². The van der Waals surface area contributed by atoms with E-state index in [4.69, 9.17) is 22.9 Å². The smallest absolute Gasteiger partial charge is 0.326 e. The van der Waals surface area contributed by atoms with E-state index in [0.717, 1.165) is 0 Å². The molecule has 0 saturated carbocycles. The minimum absolute atomic E-state index is 0.0687. The summed E-state index contributed by atoms with van der Waals surface area (Å²) in [5.74, 6) is -7.55. The molecule has 0 spiro atoms. The van der Waals surface area contributed by atoms with E-state index in [1.54, 1.807) is 13.8 Å². The predicted molar refractivity (Wildman–Crippen MR) is 214 cm³/mol. The molecule has 20 heteroatoms. The van der Waals surface area contributed by atoms with E-state index < -0.39 is 102 Å². The van der Waals surface area contributed by atoms with Crippen molar-refractivity contribution < 1.29 is 48.3 Å². The molecule has 20 nitrogen and oxygen atoms in total. The van der Waals surface area contributed by atoms with E-state index in [9.17, 15) is 48.3 Å². The Kier molecular flexibility index (Phi) is 22.5. The fourth-order valence-corrected chi connectivity index (χ4v) is 6.59. The predicted octanol–water partition coefficient (Wildman–Crippen LogP) is -1.78. The average Bonchev–Trinajstić information content (AvgIpc) is 3.61. The number of unbranched alkanes of at least 4 members (excludes halogenated alkanes) is 1. The zero-order valence-electron chi connectivity index (χ0n) is 34.8. The van der Waals surface area contributed by atoms with Crippen molar-refractivity contribution in [1.29, 1.82) is 0 Å². The Labute approximate surface area is 340 Å². The van der Waals surface area contributed by atoms with Crippen LogP contribution in [0.4, 0.5) is 0 Å². The minimum atomic E-state index is -1.43. The van der Waals surface area contributed by atoms with Crippen LogP contribution in [0.25, 0.3) is 0 Å². The molecule has 0 unspecified atom stereocenters. The number of aliphatic carboxylic acids is 1. The maximum absolute atomic E-state index is 14.1. The molecule has 0 aromatic rings. The Morgan fingerprint density at radius 2 is 1.16 bits per heavy atom. The highest BCUT2D eigenvalue weighted by Gasteiger charge is 2.40. The molecule has 7 atom stereocenters. The first-order valence-corrected chi connectivity index (χ1v) is 20.1. The third-order valence-electron chi connectivity index (χ3n) is 9.47. The van der Waals surface area contributed by atoms with Gasteiger partial charge in [-0.3, -0.25) is 38.4 Å². The number of hydrogen-bond donors (Lipinski definition) is 10. The van der Waals surface area contributed by atoms with Crippen LogP contribution in [0.1, 0.15) is 112 Å². The summed E-state index contributed by atoms with van der Waals surface area (Å²) in [6, 6.07) is -8.49. The summed E-state index contributed by atoms with van der Waals surface area (Å²) in [4.78, 5) is 118. The highest BCUT2D eigenvalue weighted by Crippen LogP contribution is 2.21. The second-order valence-corrected chi connectivity index (χ2v) is 16.3. The molecule has 0 aromatic heterocycles. The van der Waals surface area contributed by atoms with Gasteiger partial charge in [0.15, 0.2) is 0 Å². The molecule has 0 bridgehead atoms. The molecule has 330 valence electrons. The average molecular weight is 825 g/mol. The number of nitrogens with zero attached hydrogens (tertiary/aromatic N) is 1. The van der Waals surface area contributed by atoms with Crippen LogP contribution >= 0.6 is 0 Å². The van der Waals surface area contributed by atoms with Gasteiger partial charge in [-0.2, -0.15) is 0 Å². The number of nitrogens with two attached hydrogens (primary N) is 4. The minimum Gasteiger partial charge on any atom is -0.480 e. The molecule has 1 rings (SSSR count). The van der Waals surface area contributed by atoms with Crippen molar-refractivity contribution in [3.8, 4) is 0 Å². The number of primary amides is 2. The third kappa shape index (κ3) is 18.6. The lowest BCUT2D eigenvalue weighted by Gasteiger charge is -2.31. The zero-order valence-corrected chi connectivity index (χ0v) is 34.8. The summed E-state index contributed by atoms with van der Waals surface area (Å²) in [6.07, 6.45) is 1.13. The van der Waals surface area contributed by atoms with E-state index >= 15 is 0 Å². The Bertz CT molecular complexity index is 1440. The molecule has 1 heterocycles. The SMILES string of the molecule is CC(C)C[C@H](NC(=O)[C@H](CCC(N)=O)NC(=O)[C@@H]1CCCN1C(=O)[C@H](CC(C)C)NC(=O)[C@H](CC(N)=O)NC(=O)[C@@H](N)CC(C)C)C(=O)N[C@@H](CCCCN)C(=O)O. The van der Waals surface area contributed by atoms with E-state index in [1.807, 2.05) is 27.7 Å². The van der Waals surface area contributed by atoms with Crippen molar-refractivity contribution >= 4 is 53.2 Å². The van der Waals surface area contributed by atoms with Gasteiger partial charge < -0.3 is 59.5 Å². The van der Waals surface area contributed by atoms with Crippen molar-refractivity contribution in [1.82, 2.24) is 31.5 Å². The normalized spacial score (nSPS) is 17.1. The van der Waals surface area contributed by atoms with Gasteiger partial charge in [-0.25, -0.2) is 4.79 Å². The Hall–Kier alpha value is -4.85. The zero-order chi connectivity index (χ0) is 44.3. The number of carboxylic acid groups (broad SMARTS) is 1. The Morgan fingerprint density at radius 1 is 0.638 bits per heavy atom. The maximum atomic E-state index is 14.1. The summed E-state index contributed by atoms with van der Waals surface area (Å²) in [7, 11) is 0. The quantitative estimate of drug-likeness (QED) is 0.0411. The first-order valence-electron chi connectivity index (χ1n) is 20.1. The van der Waals surface area contributed by atoms with Gasteiger partial charge in [-0.05, 0) is 82.1 Å². The molecule has 0 radical (unpaired) electrons. The first kappa shape index (κ1) is 51.2. The molecular formula is C38H68N10O10. The molecule has 0 aromatic carbocycles. The number of carbonyl (C=O) groups is 9. The second kappa shape index (κ2) is 25.5. The number of carbonyl (C=O) groups excluding carboxylic acids is 8. The van der Waals surface area contributed by atoms with Gasteiger partial charge in [0.05, 0.1) is 12.5 Å². The summed E-state index contributed by atoms with van der Waals surface area (Å²) >= 11 is 0.